The summed E-state index contributed by atoms with van der Waals surface area (Å²) in [6, 6.07) is 15.6. The Labute approximate surface area is 179 Å². The highest BCUT2D eigenvalue weighted by Crippen LogP contribution is 2.53. The number of anilines is 1. The van der Waals surface area contributed by atoms with Crippen molar-refractivity contribution in [1.82, 2.24) is 0 Å². The second-order valence-corrected chi connectivity index (χ2v) is 9.07. The summed E-state index contributed by atoms with van der Waals surface area (Å²) in [6.45, 7) is 4.14. The van der Waals surface area contributed by atoms with Gasteiger partial charge in [0.05, 0.1) is 11.0 Å². The van der Waals surface area contributed by atoms with Crippen molar-refractivity contribution in [2.24, 2.45) is 5.41 Å². The molecule has 0 radical (unpaired) electrons. The summed E-state index contributed by atoms with van der Waals surface area (Å²) in [5.74, 6) is -0.674. The number of Topliss-reactive ketones (excluding diaryl/α,β-unsaturated/α-hetero) is 1. The Balaban J connectivity index is 1.81. The third-order valence-electron chi connectivity index (χ3n) is 6.27. The van der Waals surface area contributed by atoms with Gasteiger partial charge in [-0.2, -0.15) is 0 Å². The van der Waals surface area contributed by atoms with Gasteiger partial charge in [-0.1, -0.05) is 56.3 Å². The summed E-state index contributed by atoms with van der Waals surface area (Å²) in [5, 5.41) is 29.8. The number of hydrogen-bond donors (Lipinski definition) is 1. The smallest absolute Gasteiger partial charge is 0.262 e. The van der Waals surface area contributed by atoms with Crippen molar-refractivity contribution in [2.75, 3.05) is 5.32 Å². The van der Waals surface area contributed by atoms with E-state index in [0.717, 1.165) is 27.6 Å². The Kier molecular flexibility index (Phi) is 4.15. The number of fused-ring (bicyclic) bond motifs is 4. The molecule has 156 valence electrons. The molecule has 0 amide bonds. The van der Waals surface area contributed by atoms with Crippen LogP contribution in [0, 0.1) is 15.5 Å². The minimum atomic E-state index is -0.709. The molecule has 2 aliphatic rings. The molecule has 1 atom stereocenters. The average Bonchev–Trinajstić information content (AvgIpc) is 2.71. The van der Waals surface area contributed by atoms with Crippen molar-refractivity contribution in [3.05, 3.63) is 81.4 Å². The predicted molar refractivity (Wildman–Crippen MR) is 118 cm³/mol. The number of hydrogen-bond acceptors (Lipinski definition) is 5. The molecule has 1 N–H and O–H groups in total. The molecule has 0 bridgehead atoms. The number of carbonyl (C=O) groups is 1. The van der Waals surface area contributed by atoms with Crippen LogP contribution in [0.5, 0.6) is 5.75 Å². The van der Waals surface area contributed by atoms with E-state index in [-0.39, 0.29) is 16.8 Å². The minimum absolute atomic E-state index is 0.0201. The number of nitrogens with one attached hydrogen (secondary N) is 1. The molecule has 0 fully saturated rings. The molecule has 3 aromatic carbocycles. The third-order valence-corrected chi connectivity index (χ3v) is 6.27. The number of para-hydroxylation sites is 1. The molecule has 0 spiro atoms. The molecule has 0 saturated carbocycles. The van der Waals surface area contributed by atoms with E-state index >= 15 is 0 Å². The monoisotopic (exact) mass is 413 g/mol. The van der Waals surface area contributed by atoms with Gasteiger partial charge in [0.15, 0.2) is 5.78 Å². The van der Waals surface area contributed by atoms with Crippen LogP contribution in [0.1, 0.15) is 43.9 Å². The van der Waals surface area contributed by atoms with Crippen LogP contribution in [-0.2, 0) is 4.79 Å². The Morgan fingerprint density at radius 3 is 2.58 bits per heavy atom. The highest BCUT2D eigenvalue weighted by atomic mass is 16.6. The van der Waals surface area contributed by atoms with Gasteiger partial charge in [-0.3, -0.25) is 14.9 Å². The fourth-order valence-electron chi connectivity index (χ4n) is 4.98. The normalized spacial score (nSPS) is 19.5. The number of allylic oxidation sites excluding steroid dienone is 1. The van der Waals surface area contributed by atoms with Crippen molar-refractivity contribution in [1.29, 1.82) is 0 Å². The largest absolute Gasteiger partial charge is 0.868 e. The minimum Gasteiger partial charge on any atom is -0.868 e. The zero-order valence-corrected chi connectivity index (χ0v) is 17.3. The van der Waals surface area contributed by atoms with E-state index in [1.54, 1.807) is 6.07 Å². The number of nitrogens with zero attached hydrogens (tertiary/aromatic N) is 1. The molecule has 0 unspecified atom stereocenters. The van der Waals surface area contributed by atoms with Crippen LogP contribution in [0.2, 0.25) is 0 Å². The molecule has 1 heterocycles. The maximum absolute atomic E-state index is 13.4. The van der Waals surface area contributed by atoms with Crippen molar-refractivity contribution in [3.8, 4) is 5.75 Å². The lowest BCUT2D eigenvalue weighted by molar-refractivity contribution is -0.398. The summed E-state index contributed by atoms with van der Waals surface area (Å²) in [6.07, 6.45) is 1.06. The van der Waals surface area contributed by atoms with Crippen LogP contribution < -0.4 is 10.4 Å². The molecule has 1 aliphatic carbocycles. The summed E-state index contributed by atoms with van der Waals surface area (Å²) < 4.78 is 0. The fraction of sp³-hybridized carbons (Fsp3) is 0.240. The van der Waals surface area contributed by atoms with Gasteiger partial charge in [-0.05, 0) is 45.6 Å². The zero-order valence-electron chi connectivity index (χ0n) is 17.3. The third kappa shape index (κ3) is 2.98. The molecular weight excluding hydrogens is 392 g/mol. The van der Waals surface area contributed by atoms with Crippen LogP contribution in [-0.4, -0.2) is 10.7 Å². The maximum Gasteiger partial charge on any atom is 0.262 e. The number of carbonyl (C=O) groups excluding carboxylic acids is 1. The first-order valence-electron chi connectivity index (χ1n) is 10.3. The molecular formula is C25H21N2O4-. The van der Waals surface area contributed by atoms with Crippen LogP contribution in [0.15, 0.2) is 60.2 Å². The van der Waals surface area contributed by atoms with Crippen molar-refractivity contribution >= 4 is 33.5 Å². The number of rotatable bonds is 2. The van der Waals surface area contributed by atoms with Crippen molar-refractivity contribution in [2.45, 2.75) is 32.7 Å². The highest BCUT2D eigenvalue weighted by Gasteiger charge is 2.41. The standard InChI is InChI=1S/C25H22N2O4/c1-25(2)12-17-21-15-7-4-3-6-14(15)10-11-18(21)26-23(22(17)20(28)13-25)16-8-5-9-19(24(16)29)27(30)31/h3-11,23,26,29H,12-13H2,1-2H3/p-1/t23-/m1/s1. The first-order chi connectivity index (χ1) is 14.8. The second kappa shape index (κ2) is 6.67. The molecule has 6 heteroatoms. The van der Waals surface area contributed by atoms with Crippen LogP contribution in [0.25, 0.3) is 16.3 Å². The van der Waals surface area contributed by atoms with E-state index in [1.165, 1.54) is 12.1 Å². The van der Waals surface area contributed by atoms with E-state index < -0.39 is 22.4 Å². The Hall–Kier alpha value is -3.67. The zero-order chi connectivity index (χ0) is 21.9. The molecule has 6 nitrogen and oxygen atoms in total. The van der Waals surface area contributed by atoms with E-state index in [0.29, 0.717) is 18.4 Å². The van der Waals surface area contributed by atoms with E-state index in [9.17, 15) is 20.0 Å². The predicted octanol–water partition coefficient (Wildman–Crippen LogP) is 5.13. The number of ketones is 1. The quantitative estimate of drug-likeness (QED) is 0.464. The van der Waals surface area contributed by atoms with Crippen molar-refractivity contribution < 1.29 is 14.8 Å². The molecule has 3 aromatic rings. The average molecular weight is 413 g/mol. The second-order valence-electron chi connectivity index (χ2n) is 9.07. The number of benzene rings is 3. The Morgan fingerprint density at radius 1 is 1.03 bits per heavy atom. The van der Waals surface area contributed by atoms with Crippen LogP contribution in [0.4, 0.5) is 11.4 Å². The van der Waals surface area contributed by atoms with Gasteiger partial charge in [-0.25, -0.2) is 0 Å². The first kappa shape index (κ1) is 19.3. The summed E-state index contributed by atoms with van der Waals surface area (Å²) >= 11 is 0. The Bertz CT molecular complexity index is 1310. The highest BCUT2D eigenvalue weighted by molar-refractivity contribution is 6.13. The van der Waals surface area contributed by atoms with E-state index in [4.69, 9.17) is 0 Å². The van der Waals surface area contributed by atoms with Gasteiger partial charge < -0.3 is 10.4 Å². The molecule has 5 rings (SSSR count). The molecule has 0 aromatic heterocycles. The molecule has 1 aliphatic heterocycles. The van der Waals surface area contributed by atoms with E-state index in [2.05, 4.69) is 19.2 Å². The maximum atomic E-state index is 13.4. The first-order valence-corrected chi connectivity index (χ1v) is 10.3. The molecule has 0 saturated heterocycles. The lowest BCUT2D eigenvalue weighted by Crippen LogP contribution is -2.33. The SMILES string of the molecule is CC1(C)CC(=O)C2=C(C1)c1c(ccc3ccccc13)N[C@@H]2c1cccc([N+](=O)[O-])c1[O-]. The van der Waals surface area contributed by atoms with Gasteiger partial charge in [0.2, 0.25) is 0 Å². The topological polar surface area (TPSA) is 95.3 Å². The van der Waals surface area contributed by atoms with Gasteiger partial charge in [-0.15, -0.1) is 0 Å². The van der Waals surface area contributed by atoms with Gasteiger partial charge in [0.1, 0.15) is 0 Å². The van der Waals surface area contributed by atoms with Gasteiger partial charge in [0.25, 0.3) is 5.69 Å². The summed E-state index contributed by atoms with van der Waals surface area (Å²) in [5.41, 5.74) is 2.85. The van der Waals surface area contributed by atoms with Crippen LogP contribution in [0.3, 0.4) is 0 Å². The van der Waals surface area contributed by atoms with Crippen LogP contribution >= 0.6 is 0 Å². The van der Waals surface area contributed by atoms with Gasteiger partial charge >= 0.3 is 0 Å². The summed E-state index contributed by atoms with van der Waals surface area (Å²) in [4.78, 5) is 24.0. The van der Waals surface area contributed by atoms with E-state index in [1.807, 2.05) is 36.4 Å². The van der Waals surface area contributed by atoms with Crippen molar-refractivity contribution in [3.63, 3.8) is 0 Å². The van der Waals surface area contributed by atoms with Gasteiger partial charge in [0, 0.05) is 29.3 Å². The lowest BCUT2D eigenvalue weighted by atomic mass is 9.67. The molecule has 31 heavy (non-hydrogen) atoms. The number of nitro benzene ring substituents is 1. The summed E-state index contributed by atoms with van der Waals surface area (Å²) in [7, 11) is 0. The Morgan fingerprint density at radius 2 is 1.81 bits per heavy atom. The number of nitro groups is 1. The lowest BCUT2D eigenvalue weighted by Gasteiger charge is -2.41. The fourth-order valence-corrected chi connectivity index (χ4v) is 4.98.